The molecule has 0 aliphatic rings. The second kappa shape index (κ2) is 6.63. The first-order valence-electron chi connectivity index (χ1n) is 6.37. The molecule has 2 aromatic rings. The fourth-order valence-electron chi connectivity index (χ4n) is 1.98. The molecule has 0 radical (unpaired) electrons. The van der Waals surface area contributed by atoms with Gasteiger partial charge in [0.15, 0.2) is 9.76 Å². The van der Waals surface area contributed by atoms with Crippen LogP contribution in [0.15, 0.2) is 60.7 Å². The van der Waals surface area contributed by atoms with Crippen LogP contribution in [0.1, 0.15) is 16.7 Å². The van der Waals surface area contributed by atoms with Crippen molar-refractivity contribution in [2.45, 2.75) is 11.0 Å². The van der Waals surface area contributed by atoms with E-state index in [2.05, 4.69) is 3.87 Å². The van der Waals surface area contributed by atoms with Crippen LogP contribution >= 0.6 is 0 Å². The van der Waals surface area contributed by atoms with E-state index >= 15 is 0 Å². The van der Waals surface area contributed by atoms with Crippen LogP contribution in [-0.2, 0) is 14.0 Å². The average Bonchev–Trinajstić information content (AvgIpc) is 2.48. The highest BCUT2D eigenvalue weighted by molar-refractivity contribution is 7.88. The molecule has 0 unspecified atom stereocenters. The Hall–Kier alpha value is -1.64. The van der Waals surface area contributed by atoms with Crippen molar-refractivity contribution in [3.8, 4) is 0 Å². The predicted octanol–water partition coefficient (Wildman–Crippen LogP) is 2.73. The summed E-state index contributed by atoms with van der Waals surface area (Å²) in [6, 6.07) is 17.5. The molecular formula is C14H13F3O3SSi. The van der Waals surface area contributed by atoms with Gasteiger partial charge in [0.25, 0.3) is 0 Å². The Balaban J connectivity index is 2.28. The summed E-state index contributed by atoms with van der Waals surface area (Å²) in [4.78, 5) is 0. The summed E-state index contributed by atoms with van der Waals surface area (Å²) in [7, 11) is -7.61. The summed E-state index contributed by atoms with van der Waals surface area (Å²) in [5, 5.41) is 0. The van der Waals surface area contributed by atoms with Gasteiger partial charge in [0.05, 0.1) is 0 Å². The summed E-state index contributed by atoms with van der Waals surface area (Å²) in [5.74, 6) is 0. The minimum atomic E-state index is -5.55. The van der Waals surface area contributed by atoms with Crippen molar-refractivity contribution >= 4 is 19.9 Å². The van der Waals surface area contributed by atoms with Gasteiger partial charge in [0.1, 0.15) is 0 Å². The molecule has 2 aromatic carbocycles. The third-order valence-corrected chi connectivity index (χ3v) is 6.71. The minimum Gasteiger partial charge on any atom is -0.315 e. The Morgan fingerprint density at radius 1 is 0.864 bits per heavy atom. The van der Waals surface area contributed by atoms with E-state index in [1.54, 1.807) is 60.7 Å². The first-order valence-corrected chi connectivity index (χ1v) is 9.17. The smallest absolute Gasteiger partial charge is 0.315 e. The van der Waals surface area contributed by atoms with Crippen LogP contribution in [-0.4, -0.2) is 23.7 Å². The SMILES string of the molecule is O=S(=O)(O[SiH2]C(c1ccccc1)c1ccccc1)C(F)(F)F. The van der Waals surface area contributed by atoms with Crippen molar-refractivity contribution in [1.29, 1.82) is 0 Å². The van der Waals surface area contributed by atoms with E-state index < -0.39 is 30.9 Å². The lowest BCUT2D eigenvalue weighted by Gasteiger charge is -2.18. The van der Waals surface area contributed by atoms with E-state index in [9.17, 15) is 21.6 Å². The number of halogens is 3. The van der Waals surface area contributed by atoms with Gasteiger partial charge < -0.3 is 3.87 Å². The summed E-state index contributed by atoms with van der Waals surface area (Å²) in [6.07, 6.45) is 0. The second-order valence-corrected chi connectivity index (χ2v) is 8.02. The lowest BCUT2D eigenvalue weighted by molar-refractivity contribution is -0.0499. The average molecular weight is 346 g/mol. The van der Waals surface area contributed by atoms with Crippen LogP contribution in [0.5, 0.6) is 0 Å². The van der Waals surface area contributed by atoms with E-state index in [4.69, 9.17) is 0 Å². The van der Waals surface area contributed by atoms with Gasteiger partial charge in [-0.1, -0.05) is 60.7 Å². The van der Waals surface area contributed by atoms with Crippen molar-refractivity contribution in [1.82, 2.24) is 0 Å². The number of rotatable bonds is 5. The fraction of sp³-hybridized carbons (Fsp3) is 0.143. The summed E-state index contributed by atoms with van der Waals surface area (Å²) in [6.45, 7) is 0. The molecule has 0 N–H and O–H groups in total. The molecule has 22 heavy (non-hydrogen) atoms. The number of hydrogen-bond donors (Lipinski definition) is 0. The lowest BCUT2D eigenvalue weighted by Crippen LogP contribution is -2.29. The molecule has 0 amide bonds. The minimum absolute atomic E-state index is 0.473. The Morgan fingerprint density at radius 2 is 1.27 bits per heavy atom. The summed E-state index contributed by atoms with van der Waals surface area (Å²) >= 11 is 0. The van der Waals surface area contributed by atoms with Crippen molar-refractivity contribution < 1.29 is 25.5 Å². The van der Waals surface area contributed by atoms with Crippen LogP contribution < -0.4 is 0 Å². The molecule has 2 rings (SSSR count). The van der Waals surface area contributed by atoms with Gasteiger partial charge in [0, 0.05) is 5.54 Å². The Labute approximate surface area is 128 Å². The third-order valence-electron chi connectivity index (χ3n) is 3.08. The Kier molecular flexibility index (Phi) is 5.04. The molecular weight excluding hydrogens is 333 g/mol. The molecule has 118 valence electrons. The number of alkyl halides is 3. The van der Waals surface area contributed by atoms with Gasteiger partial charge in [-0.2, -0.15) is 21.6 Å². The molecule has 0 fully saturated rings. The maximum atomic E-state index is 12.4. The van der Waals surface area contributed by atoms with Gasteiger partial charge in [-0.25, -0.2) is 0 Å². The van der Waals surface area contributed by atoms with E-state index in [1.807, 2.05) is 0 Å². The zero-order chi connectivity index (χ0) is 16.2. The molecule has 0 spiro atoms. The fourth-order valence-corrected chi connectivity index (χ4v) is 4.70. The largest absolute Gasteiger partial charge is 0.522 e. The Morgan fingerprint density at radius 3 is 1.64 bits per heavy atom. The first-order chi connectivity index (χ1) is 10.3. The maximum absolute atomic E-state index is 12.4. The highest BCUT2D eigenvalue weighted by atomic mass is 32.2. The van der Waals surface area contributed by atoms with Crippen molar-refractivity contribution in [3.05, 3.63) is 71.8 Å². The van der Waals surface area contributed by atoms with E-state index in [0.29, 0.717) is 0 Å². The molecule has 3 nitrogen and oxygen atoms in total. The topological polar surface area (TPSA) is 43.4 Å². The highest BCUT2D eigenvalue weighted by Crippen LogP contribution is 2.28. The Bertz CT molecular complexity index is 664. The molecule has 8 heteroatoms. The second-order valence-electron chi connectivity index (χ2n) is 4.56. The molecule has 0 atom stereocenters. The maximum Gasteiger partial charge on any atom is 0.522 e. The highest BCUT2D eigenvalue weighted by Gasteiger charge is 2.47. The van der Waals surface area contributed by atoms with Gasteiger partial charge >= 0.3 is 15.6 Å². The lowest BCUT2D eigenvalue weighted by atomic mass is 10.0. The van der Waals surface area contributed by atoms with Crippen molar-refractivity contribution in [3.63, 3.8) is 0 Å². The quantitative estimate of drug-likeness (QED) is 0.618. The molecule has 0 heterocycles. The van der Waals surface area contributed by atoms with Crippen LogP contribution in [0.25, 0.3) is 0 Å². The van der Waals surface area contributed by atoms with Crippen LogP contribution in [0.3, 0.4) is 0 Å². The van der Waals surface area contributed by atoms with Crippen LogP contribution in [0.4, 0.5) is 13.2 Å². The van der Waals surface area contributed by atoms with Crippen molar-refractivity contribution in [2.75, 3.05) is 0 Å². The van der Waals surface area contributed by atoms with Crippen LogP contribution in [0, 0.1) is 0 Å². The van der Waals surface area contributed by atoms with Gasteiger partial charge in [-0.05, 0) is 11.1 Å². The zero-order valence-corrected chi connectivity index (χ0v) is 13.6. The predicted molar refractivity (Wildman–Crippen MR) is 79.3 cm³/mol. The molecule has 0 saturated carbocycles. The first kappa shape index (κ1) is 16.7. The van der Waals surface area contributed by atoms with Crippen molar-refractivity contribution in [2.24, 2.45) is 0 Å². The summed E-state index contributed by atoms with van der Waals surface area (Å²) in [5.41, 5.74) is -4.40. The van der Waals surface area contributed by atoms with Crippen LogP contribution in [0.2, 0.25) is 0 Å². The summed E-state index contributed by atoms with van der Waals surface area (Å²) < 4.78 is 63.8. The van der Waals surface area contributed by atoms with Gasteiger partial charge in [-0.15, -0.1) is 0 Å². The zero-order valence-electron chi connectivity index (χ0n) is 11.3. The molecule has 0 bridgehead atoms. The molecule has 0 saturated heterocycles. The van der Waals surface area contributed by atoms with Gasteiger partial charge in [0.2, 0.25) is 0 Å². The molecule has 0 aromatic heterocycles. The third kappa shape index (κ3) is 3.96. The molecule has 0 aliphatic carbocycles. The van der Waals surface area contributed by atoms with E-state index in [0.717, 1.165) is 11.1 Å². The van der Waals surface area contributed by atoms with Gasteiger partial charge in [-0.3, -0.25) is 0 Å². The number of benzene rings is 2. The monoisotopic (exact) mass is 346 g/mol. The van der Waals surface area contributed by atoms with E-state index in [1.165, 1.54) is 0 Å². The normalized spacial score (nSPS) is 13.1. The molecule has 0 aliphatic heterocycles. The number of hydrogen-bond acceptors (Lipinski definition) is 3. The standard InChI is InChI=1S/C14H13F3O3SSi/c15-14(16,17)21(18,19)20-22-13(11-7-3-1-4-8-11)12-9-5-2-6-10-12/h1-10,13H,22H2. The van der Waals surface area contributed by atoms with E-state index in [-0.39, 0.29) is 0 Å².